The van der Waals surface area contributed by atoms with Gasteiger partial charge in [0.15, 0.2) is 0 Å². The lowest BCUT2D eigenvalue weighted by molar-refractivity contribution is 0.214. The molecule has 0 aliphatic rings. The Hall–Kier alpha value is -0.910. The maximum absolute atomic E-state index is 13.8. The molecule has 0 spiro atoms. The number of benzene rings is 2. The van der Waals surface area contributed by atoms with E-state index in [1.807, 2.05) is 0 Å². The second-order valence-corrected chi connectivity index (χ2v) is 5.64. The van der Waals surface area contributed by atoms with E-state index in [0.29, 0.717) is 20.3 Å². The molecule has 0 amide bonds. The van der Waals surface area contributed by atoms with Crippen LogP contribution in [0.5, 0.6) is 5.75 Å². The summed E-state index contributed by atoms with van der Waals surface area (Å²) in [6.07, 6.45) is -1.04. The summed E-state index contributed by atoms with van der Waals surface area (Å²) in [4.78, 5) is 0. The van der Waals surface area contributed by atoms with Gasteiger partial charge < -0.3 is 9.84 Å². The van der Waals surface area contributed by atoms with Crippen LogP contribution in [0.4, 0.5) is 4.39 Å². The molecule has 1 N–H and O–H groups in total. The highest BCUT2D eigenvalue weighted by atomic mass is 79.9. The van der Waals surface area contributed by atoms with Crippen LogP contribution in [0, 0.1) is 5.82 Å². The van der Waals surface area contributed by atoms with Crippen molar-refractivity contribution < 1.29 is 14.2 Å². The average molecular weight is 390 g/mol. The van der Waals surface area contributed by atoms with Gasteiger partial charge in [-0.05, 0) is 45.8 Å². The van der Waals surface area contributed by atoms with Gasteiger partial charge in [-0.2, -0.15) is 0 Å². The monoisotopic (exact) mass is 388 g/mol. The molecule has 100 valence electrons. The van der Waals surface area contributed by atoms with E-state index < -0.39 is 11.9 Å². The van der Waals surface area contributed by atoms with Crippen LogP contribution in [0.1, 0.15) is 17.2 Å². The number of rotatable bonds is 3. The number of aliphatic hydroxyl groups is 1. The van der Waals surface area contributed by atoms with E-state index in [2.05, 4.69) is 31.9 Å². The second kappa shape index (κ2) is 6.03. The lowest BCUT2D eigenvalue weighted by atomic mass is 10.0. The molecule has 0 aliphatic heterocycles. The Morgan fingerprint density at radius 2 is 1.89 bits per heavy atom. The van der Waals surface area contributed by atoms with Gasteiger partial charge in [-0.25, -0.2) is 4.39 Å². The van der Waals surface area contributed by atoms with Crippen molar-refractivity contribution in [3.63, 3.8) is 0 Å². The topological polar surface area (TPSA) is 29.5 Å². The third kappa shape index (κ3) is 2.99. The molecule has 0 saturated carbocycles. The highest BCUT2D eigenvalue weighted by molar-refractivity contribution is 9.10. The number of aliphatic hydroxyl groups excluding tert-OH is 1. The van der Waals surface area contributed by atoms with E-state index in [-0.39, 0.29) is 5.56 Å². The zero-order valence-corrected chi connectivity index (χ0v) is 13.2. The maximum Gasteiger partial charge on any atom is 0.133 e. The van der Waals surface area contributed by atoms with Gasteiger partial charge in [-0.3, -0.25) is 0 Å². The minimum absolute atomic E-state index is 0.222. The first-order valence-electron chi connectivity index (χ1n) is 5.50. The summed E-state index contributed by atoms with van der Waals surface area (Å²) in [7, 11) is 1.56. The van der Waals surface area contributed by atoms with Gasteiger partial charge in [-0.15, -0.1) is 0 Å². The van der Waals surface area contributed by atoms with Crippen LogP contribution in [0.15, 0.2) is 45.3 Å². The van der Waals surface area contributed by atoms with Gasteiger partial charge in [0.05, 0.1) is 11.6 Å². The molecule has 0 fully saturated rings. The van der Waals surface area contributed by atoms with E-state index in [1.54, 1.807) is 37.4 Å². The van der Waals surface area contributed by atoms with Crippen LogP contribution in [-0.4, -0.2) is 12.2 Å². The smallest absolute Gasteiger partial charge is 0.133 e. The molecule has 2 aromatic rings. The molecule has 5 heteroatoms. The van der Waals surface area contributed by atoms with Crippen LogP contribution < -0.4 is 4.74 Å². The first-order chi connectivity index (χ1) is 9.04. The Morgan fingerprint density at radius 1 is 1.16 bits per heavy atom. The molecule has 19 heavy (non-hydrogen) atoms. The van der Waals surface area contributed by atoms with Gasteiger partial charge in [0, 0.05) is 10.0 Å². The van der Waals surface area contributed by atoms with Crippen LogP contribution in [0.2, 0.25) is 0 Å². The number of halogens is 3. The van der Waals surface area contributed by atoms with E-state index in [9.17, 15) is 9.50 Å². The Morgan fingerprint density at radius 3 is 2.47 bits per heavy atom. The quantitative estimate of drug-likeness (QED) is 0.840. The minimum atomic E-state index is -1.04. The summed E-state index contributed by atoms with van der Waals surface area (Å²) in [6.45, 7) is 0. The minimum Gasteiger partial charge on any atom is -0.496 e. The molecule has 0 radical (unpaired) electrons. The summed E-state index contributed by atoms with van der Waals surface area (Å²) >= 11 is 6.60. The van der Waals surface area contributed by atoms with Crippen molar-refractivity contribution in [3.8, 4) is 5.75 Å². The van der Waals surface area contributed by atoms with Gasteiger partial charge in [0.1, 0.15) is 17.7 Å². The molecule has 2 rings (SSSR count). The van der Waals surface area contributed by atoms with Crippen molar-refractivity contribution in [2.45, 2.75) is 6.10 Å². The number of ether oxygens (including phenoxy) is 1. The first kappa shape index (κ1) is 14.5. The van der Waals surface area contributed by atoms with Gasteiger partial charge in [0.2, 0.25) is 0 Å². The zero-order valence-electron chi connectivity index (χ0n) is 10.0. The lowest BCUT2D eigenvalue weighted by Crippen LogP contribution is -2.04. The van der Waals surface area contributed by atoms with Gasteiger partial charge in [0.25, 0.3) is 0 Å². The molecule has 0 heterocycles. The molecule has 1 unspecified atom stereocenters. The Balaban J connectivity index is 2.44. The number of hydrogen-bond donors (Lipinski definition) is 1. The van der Waals surface area contributed by atoms with Crippen molar-refractivity contribution >= 4 is 31.9 Å². The predicted octanol–water partition coefficient (Wildman–Crippen LogP) is 4.44. The third-order valence-electron chi connectivity index (χ3n) is 2.76. The van der Waals surface area contributed by atoms with Crippen molar-refractivity contribution in [1.82, 2.24) is 0 Å². The maximum atomic E-state index is 13.8. The molecular formula is C14H11Br2FO2. The predicted molar refractivity (Wildman–Crippen MR) is 78.9 cm³/mol. The van der Waals surface area contributed by atoms with Crippen LogP contribution in [0.3, 0.4) is 0 Å². The molecule has 0 aliphatic carbocycles. The first-order valence-corrected chi connectivity index (χ1v) is 7.08. The van der Waals surface area contributed by atoms with Crippen molar-refractivity contribution in [1.29, 1.82) is 0 Å². The third-order valence-corrected chi connectivity index (χ3v) is 4.08. The summed E-state index contributed by atoms with van der Waals surface area (Å²) < 4.78 is 20.2. The lowest BCUT2D eigenvalue weighted by Gasteiger charge is -2.15. The SMILES string of the molecule is COc1ccc(C(O)c2c(F)cccc2Br)cc1Br. The second-order valence-electron chi connectivity index (χ2n) is 3.93. The summed E-state index contributed by atoms with van der Waals surface area (Å²) in [6, 6.07) is 9.73. The van der Waals surface area contributed by atoms with E-state index >= 15 is 0 Å². The standard InChI is InChI=1S/C14H11Br2FO2/c1-19-12-6-5-8(7-10(12)16)14(18)13-9(15)3-2-4-11(13)17/h2-7,14,18H,1H3. The summed E-state index contributed by atoms with van der Waals surface area (Å²) in [5.74, 6) is 0.206. The van der Waals surface area contributed by atoms with Crippen LogP contribution in [0.25, 0.3) is 0 Å². The van der Waals surface area contributed by atoms with Crippen LogP contribution >= 0.6 is 31.9 Å². The molecule has 2 aromatic carbocycles. The Labute approximate surface area is 127 Å². The molecule has 1 atom stereocenters. The fraction of sp³-hybridized carbons (Fsp3) is 0.143. The van der Waals surface area contributed by atoms with E-state index in [1.165, 1.54) is 6.07 Å². The number of methoxy groups -OCH3 is 1. The Kier molecular flexibility index (Phi) is 4.60. The average Bonchev–Trinajstić information content (AvgIpc) is 2.38. The highest BCUT2D eigenvalue weighted by Gasteiger charge is 2.19. The Bertz CT molecular complexity index is 582. The molecular weight excluding hydrogens is 379 g/mol. The zero-order chi connectivity index (χ0) is 14.0. The van der Waals surface area contributed by atoms with Gasteiger partial charge >= 0.3 is 0 Å². The largest absolute Gasteiger partial charge is 0.496 e. The fourth-order valence-corrected chi connectivity index (χ4v) is 2.91. The van der Waals surface area contributed by atoms with E-state index in [0.717, 1.165) is 0 Å². The summed E-state index contributed by atoms with van der Waals surface area (Å²) in [5, 5.41) is 10.3. The van der Waals surface area contributed by atoms with Crippen molar-refractivity contribution in [2.75, 3.05) is 7.11 Å². The normalized spacial score (nSPS) is 12.3. The van der Waals surface area contributed by atoms with Gasteiger partial charge in [-0.1, -0.05) is 28.1 Å². The molecule has 0 aromatic heterocycles. The van der Waals surface area contributed by atoms with E-state index in [4.69, 9.17) is 4.74 Å². The molecule has 0 saturated heterocycles. The number of hydrogen-bond acceptors (Lipinski definition) is 2. The fourth-order valence-electron chi connectivity index (χ4n) is 1.79. The molecule has 2 nitrogen and oxygen atoms in total. The van der Waals surface area contributed by atoms with Crippen molar-refractivity contribution in [3.05, 3.63) is 62.3 Å². The highest BCUT2D eigenvalue weighted by Crippen LogP contribution is 2.34. The van der Waals surface area contributed by atoms with Crippen molar-refractivity contribution in [2.24, 2.45) is 0 Å². The molecule has 0 bridgehead atoms. The summed E-state index contributed by atoms with van der Waals surface area (Å²) in [5.41, 5.74) is 0.804. The van der Waals surface area contributed by atoms with Crippen LogP contribution in [-0.2, 0) is 0 Å².